The van der Waals surface area contributed by atoms with E-state index in [1.165, 1.54) is 0 Å². The molecule has 0 amide bonds. The third-order valence-corrected chi connectivity index (χ3v) is 1.93. The molecule has 4 nitrogen and oxygen atoms in total. The van der Waals surface area contributed by atoms with Gasteiger partial charge in [0.25, 0.3) is 0 Å². The van der Waals surface area contributed by atoms with Gasteiger partial charge in [-0.15, -0.1) is 0 Å². The summed E-state index contributed by atoms with van der Waals surface area (Å²) in [4.78, 5) is 11.0. The van der Waals surface area contributed by atoms with Crippen molar-refractivity contribution < 1.29 is 14.2 Å². The first-order valence-electron chi connectivity index (χ1n) is 4.35. The highest BCUT2D eigenvalue weighted by molar-refractivity contribution is 5.86. The van der Waals surface area contributed by atoms with E-state index in [9.17, 15) is 10.0 Å². The Balaban J connectivity index is 4.00. The minimum Gasteiger partial charge on any atom is -0.630 e. The van der Waals surface area contributed by atoms with Gasteiger partial charge in [0.2, 0.25) is 6.73 Å². The molecule has 0 aromatic heterocycles. The fourth-order valence-electron chi connectivity index (χ4n) is 0.706. The van der Waals surface area contributed by atoms with Crippen molar-refractivity contribution >= 4 is 5.97 Å². The molecule has 0 saturated heterocycles. The quantitative estimate of drug-likeness (QED) is 0.215. The van der Waals surface area contributed by atoms with Crippen LogP contribution in [0.1, 0.15) is 20.8 Å². The Bertz CT molecular complexity index is 197. The SMILES string of the molecule is C=C(C)C(=O)OC[N+]([O-])(CC)CC. The van der Waals surface area contributed by atoms with Crippen LogP contribution < -0.4 is 0 Å². The van der Waals surface area contributed by atoms with Crippen LogP contribution in [-0.4, -0.2) is 30.4 Å². The lowest BCUT2D eigenvalue weighted by Gasteiger charge is -2.39. The first-order valence-corrected chi connectivity index (χ1v) is 4.35. The fraction of sp³-hybridized carbons (Fsp3) is 0.667. The van der Waals surface area contributed by atoms with Crippen molar-refractivity contribution in [3.05, 3.63) is 17.4 Å². The third kappa shape index (κ3) is 4.05. The summed E-state index contributed by atoms with van der Waals surface area (Å²) in [5.74, 6) is -0.500. The van der Waals surface area contributed by atoms with Crippen LogP contribution in [-0.2, 0) is 9.53 Å². The predicted octanol–water partition coefficient (Wildman–Crippen LogP) is 1.42. The van der Waals surface area contributed by atoms with Crippen molar-refractivity contribution in [1.82, 2.24) is 0 Å². The molecule has 0 spiro atoms. The molecule has 0 saturated carbocycles. The molecule has 0 aromatic rings. The van der Waals surface area contributed by atoms with Gasteiger partial charge >= 0.3 is 5.97 Å². The molecule has 0 radical (unpaired) electrons. The monoisotopic (exact) mass is 187 g/mol. The number of ether oxygens (including phenoxy) is 1. The van der Waals surface area contributed by atoms with Crippen LogP contribution >= 0.6 is 0 Å². The van der Waals surface area contributed by atoms with Crippen LogP contribution in [0.15, 0.2) is 12.2 Å². The number of esters is 1. The van der Waals surface area contributed by atoms with Gasteiger partial charge in [-0.05, 0) is 20.8 Å². The second kappa shape index (κ2) is 4.99. The maximum Gasteiger partial charge on any atom is 0.337 e. The molecule has 0 atom stereocenters. The van der Waals surface area contributed by atoms with Crippen molar-refractivity contribution in [3.8, 4) is 0 Å². The largest absolute Gasteiger partial charge is 0.630 e. The van der Waals surface area contributed by atoms with Gasteiger partial charge in [0.05, 0.1) is 13.1 Å². The number of carbonyl (C=O) groups is 1. The molecular weight excluding hydrogens is 170 g/mol. The molecule has 0 fully saturated rings. The highest BCUT2D eigenvalue weighted by Gasteiger charge is 2.14. The van der Waals surface area contributed by atoms with Crippen molar-refractivity contribution in [2.24, 2.45) is 0 Å². The van der Waals surface area contributed by atoms with Gasteiger partial charge in [0.15, 0.2) is 0 Å². The van der Waals surface area contributed by atoms with E-state index in [4.69, 9.17) is 4.74 Å². The Labute approximate surface area is 79.0 Å². The number of hydroxylamine groups is 3. The Kier molecular flexibility index (Phi) is 4.66. The second-order valence-electron chi connectivity index (χ2n) is 3.03. The standard InChI is InChI=1S/C9H17NO3/c1-5-10(12,6-2)7-13-9(11)8(3)4/h3,5-7H2,1-2,4H3. The molecule has 0 N–H and O–H groups in total. The maximum absolute atomic E-state index is 11.6. The Morgan fingerprint density at radius 1 is 1.46 bits per heavy atom. The Morgan fingerprint density at radius 3 is 2.23 bits per heavy atom. The summed E-state index contributed by atoms with van der Waals surface area (Å²) in [7, 11) is 0. The van der Waals surface area contributed by atoms with Crippen LogP contribution in [0.5, 0.6) is 0 Å². The Hall–Kier alpha value is -0.870. The van der Waals surface area contributed by atoms with Crippen LogP contribution in [0.2, 0.25) is 0 Å². The molecule has 4 heteroatoms. The lowest BCUT2D eigenvalue weighted by molar-refractivity contribution is -0.894. The molecule has 0 aliphatic rings. The number of quaternary nitrogens is 1. The van der Waals surface area contributed by atoms with Gasteiger partial charge in [-0.2, -0.15) is 0 Å². The first-order chi connectivity index (χ1) is 5.95. The van der Waals surface area contributed by atoms with Crippen molar-refractivity contribution in [3.63, 3.8) is 0 Å². The maximum atomic E-state index is 11.6. The van der Waals surface area contributed by atoms with Gasteiger partial charge < -0.3 is 14.6 Å². The topological polar surface area (TPSA) is 49.4 Å². The highest BCUT2D eigenvalue weighted by Crippen LogP contribution is 2.04. The second-order valence-corrected chi connectivity index (χ2v) is 3.03. The number of rotatable bonds is 5. The van der Waals surface area contributed by atoms with Crippen LogP contribution in [0.25, 0.3) is 0 Å². The minimum atomic E-state index is -0.501. The number of hydrogen-bond donors (Lipinski definition) is 0. The highest BCUT2D eigenvalue weighted by atomic mass is 16.6. The van der Waals surface area contributed by atoms with Crippen LogP contribution in [0.4, 0.5) is 0 Å². The summed E-state index contributed by atoms with van der Waals surface area (Å²) in [5.41, 5.74) is 0.318. The summed E-state index contributed by atoms with van der Waals surface area (Å²) in [6.45, 7) is 9.20. The summed E-state index contributed by atoms with van der Waals surface area (Å²) in [6, 6.07) is 0. The van der Waals surface area contributed by atoms with E-state index >= 15 is 0 Å². The number of hydrogen-bond acceptors (Lipinski definition) is 3. The molecule has 0 rings (SSSR count). The van der Waals surface area contributed by atoms with E-state index in [0.717, 1.165) is 0 Å². The minimum absolute atomic E-state index is 0.126. The molecular formula is C9H17NO3. The van der Waals surface area contributed by atoms with Gasteiger partial charge in [-0.25, -0.2) is 4.79 Å². The lowest BCUT2D eigenvalue weighted by atomic mass is 10.4. The van der Waals surface area contributed by atoms with E-state index in [-0.39, 0.29) is 6.73 Å². The van der Waals surface area contributed by atoms with Gasteiger partial charge in [0, 0.05) is 5.57 Å². The fourth-order valence-corrected chi connectivity index (χ4v) is 0.706. The summed E-state index contributed by atoms with van der Waals surface area (Å²) in [6.07, 6.45) is 0. The molecule has 0 unspecified atom stereocenters. The lowest BCUT2D eigenvalue weighted by Crippen LogP contribution is -2.44. The average molecular weight is 187 g/mol. The first kappa shape index (κ1) is 12.1. The Morgan fingerprint density at radius 2 is 1.92 bits per heavy atom. The predicted molar refractivity (Wildman–Crippen MR) is 50.5 cm³/mol. The summed E-state index contributed by atoms with van der Waals surface area (Å²) >= 11 is 0. The van der Waals surface area contributed by atoms with Crippen molar-refractivity contribution in [1.29, 1.82) is 0 Å². The molecule has 0 heterocycles. The normalized spacial score (nSPS) is 11.1. The molecule has 0 aromatic carbocycles. The molecule has 0 bridgehead atoms. The van der Waals surface area contributed by atoms with Gasteiger partial charge in [0.1, 0.15) is 0 Å². The van der Waals surface area contributed by atoms with E-state index < -0.39 is 10.6 Å². The van der Waals surface area contributed by atoms with E-state index in [1.807, 2.05) is 0 Å². The smallest absolute Gasteiger partial charge is 0.337 e. The molecule has 13 heavy (non-hydrogen) atoms. The van der Waals surface area contributed by atoms with E-state index in [0.29, 0.717) is 18.7 Å². The van der Waals surface area contributed by atoms with Crippen LogP contribution in [0, 0.1) is 5.21 Å². The zero-order valence-corrected chi connectivity index (χ0v) is 8.50. The van der Waals surface area contributed by atoms with Gasteiger partial charge in [-0.3, -0.25) is 0 Å². The zero-order valence-electron chi connectivity index (χ0n) is 8.50. The molecule has 0 aliphatic heterocycles. The number of nitrogens with zero attached hydrogens (tertiary/aromatic N) is 1. The zero-order chi connectivity index (χ0) is 10.5. The van der Waals surface area contributed by atoms with Crippen molar-refractivity contribution in [2.45, 2.75) is 20.8 Å². The summed E-state index contributed by atoms with van der Waals surface area (Å²) < 4.78 is 4.27. The summed E-state index contributed by atoms with van der Waals surface area (Å²) in [5, 5.41) is 11.6. The van der Waals surface area contributed by atoms with Gasteiger partial charge in [-0.1, -0.05) is 6.58 Å². The van der Waals surface area contributed by atoms with Crippen LogP contribution in [0.3, 0.4) is 0 Å². The molecule has 0 aliphatic carbocycles. The average Bonchev–Trinajstić information content (AvgIpc) is 2.13. The van der Waals surface area contributed by atoms with Crippen molar-refractivity contribution in [2.75, 3.05) is 19.8 Å². The van der Waals surface area contributed by atoms with E-state index in [2.05, 4.69) is 6.58 Å². The van der Waals surface area contributed by atoms with E-state index in [1.54, 1.807) is 20.8 Å². The number of carbonyl (C=O) groups excluding carboxylic acids is 1. The third-order valence-electron chi connectivity index (χ3n) is 1.93. The molecule has 76 valence electrons.